The average Bonchev–Trinajstić information content (AvgIpc) is 2.68. The minimum Gasteiger partial charge on any atom is -0.383 e. The van der Waals surface area contributed by atoms with E-state index in [0.717, 1.165) is 69.5 Å². The summed E-state index contributed by atoms with van der Waals surface area (Å²) in [4.78, 5) is 17.3. The Kier molecular flexibility index (Phi) is 7.82. The molecule has 0 radical (unpaired) electrons. The Hall–Kier alpha value is -1.50. The smallest absolute Gasteiger partial charge is 0.224 e. The normalized spacial score (nSPS) is 22.3. The Balaban J connectivity index is 1.45. The number of benzene rings is 1. The molecular weight excluding hydrogens is 357 g/mol. The molecule has 28 heavy (non-hydrogen) atoms. The van der Waals surface area contributed by atoms with Gasteiger partial charge in [0, 0.05) is 32.8 Å². The summed E-state index contributed by atoms with van der Waals surface area (Å²) in [6.07, 6.45) is 4.30. The van der Waals surface area contributed by atoms with Crippen LogP contribution in [-0.4, -0.2) is 68.2 Å². The van der Waals surface area contributed by atoms with Crippen LogP contribution in [0.4, 0.5) is 4.39 Å². The van der Waals surface area contributed by atoms with E-state index in [1.807, 2.05) is 6.92 Å². The van der Waals surface area contributed by atoms with Crippen LogP contribution in [0.25, 0.3) is 0 Å². The third kappa shape index (κ3) is 6.00. The summed E-state index contributed by atoms with van der Waals surface area (Å²) < 4.78 is 18.6. The number of hydrogen-bond donors (Lipinski definition) is 1. The molecule has 1 N–H and O–H groups in total. The highest BCUT2D eigenvalue weighted by Gasteiger charge is 2.31. The number of halogens is 1. The SMILES string of the molecule is COCCNC(=O)[C@H]1CCCN(C2CCN(Cc3cc(C)cc(F)c3)CC2)C1. The highest BCUT2D eigenvalue weighted by Crippen LogP contribution is 2.25. The summed E-state index contributed by atoms with van der Waals surface area (Å²) in [5.41, 5.74) is 2.04. The zero-order valence-corrected chi connectivity index (χ0v) is 17.3. The van der Waals surface area contributed by atoms with Gasteiger partial charge in [-0.25, -0.2) is 4.39 Å². The van der Waals surface area contributed by atoms with E-state index in [1.54, 1.807) is 19.2 Å². The highest BCUT2D eigenvalue weighted by molar-refractivity contribution is 5.78. The summed E-state index contributed by atoms with van der Waals surface area (Å²) in [6, 6.07) is 5.86. The van der Waals surface area contributed by atoms with Crippen LogP contribution in [0.1, 0.15) is 36.8 Å². The van der Waals surface area contributed by atoms with Gasteiger partial charge < -0.3 is 10.1 Å². The molecule has 0 saturated carbocycles. The molecule has 3 rings (SSSR count). The molecule has 2 fully saturated rings. The number of hydrogen-bond acceptors (Lipinski definition) is 4. The van der Waals surface area contributed by atoms with Crippen LogP contribution in [0.5, 0.6) is 0 Å². The number of aryl methyl sites for hydroxylation is 1. The number of carbonyl (C=O) groups excluding carboxylic acids is 1. The Morgan fingerprint density at radius 2 is 2.00 bits per heavy atom. The van der Waals surface area contributed by atoms with Crippen LogP contribution in [0.3, 0.4) is 0 Å². The Bertz CT molecular complexity index is 626. The summed E-state index contributed by atoms with van der Waals surface area (Å²) in [6.45, 7) is 7.92. The first kappa shape index (κ1) is 21.2. The van der Waals surface area contributed by atoms with Crippen LogP contribution in [0.2, 0.25) is 0 Å². The van der Waals surface area contributed by atoms with Crippen molar-refractivity contribution in [3.05, 3.63) is 35.1 Å². The maximum absolute atomic E-state index is 13.6. The molecule has 1 amide bonds. The van der Waals surface area contributed by atoms with Crippen LogP contribution in [-0.2, 0) is 16.1 Å². The second-order valence-electron chi connectivity index (χ2n) is 8.26. The van der Waals surface area contributed by atoms with Crippen molar-refractivity contribution in [1.82, 2.24) is 15.1 Å². The second kappa shape index (κ2) is 10.3. The van der Waals surface area contributed by atoms with Gasteiger partial charge in [0.05, 0.1) is 12.5 Å². The summed E-state index contributed by atoms with van der Waals surface area (Å²) >= 11 is 0. The van der Waals surface area contributed by atoms with Crippen molar-refractivity contribution in [1.29, 1.82) is 0 Å². The first-order valence-electron chi connectivity index (χ1n) is 10.5. The number of carbonyl (C=O) groups is 1. The van der Waals surface area contributed by atoms with Gasteiger partial charge in [0.25, 0.3) is 0 Å². The van der Waals surface area contributed by atoms with Crippen molar-refractivity contribution < 1.29 is 13.9 Å². The molecule has 0 bridgehead atoms. The Labute approximate surface area is 168 Å². The first-order chi connectivity index (χ1) is 13.5. The van der Waals surface area contributed by atoms with Crippen molar-refractivity contribution in [2.75, 3.05) is 46.4 Å². The van der Waals surface area contributed by atoms with Crippen molar-refractivity contribution in [2.45, 2.75) is 45.2 Å². The molecule has 1 atom stereocenters. The maximum Gasteiger partial charge on any atom is 0.224 e. The summed E-state index contributed by atoms with van der Waals surface area (Å²) in [5, 5.41) is 2.99. The summed E-state index contributed by atoms with van der Waals surface area (Å²) in [5.74, 6) is 0.118. The third-order valence-electron chi connectivity index (χ3n) is 6.01. The van der Waals surface area contributed by atoms with E-state index in [0.29, 0.717) is 19.2 Å². The molecule has 1 aromatic carbocycles. The van der Waals surface area contributed by atoms with Gasteiger partial charge in [-0.15, -0.1) is 0 Å². The molecule has 156 valence electrons. The fourth-order valence-electron chi connectivity index (χ4n) is 4.58. The lowest BCUT2D eigenvalue weighted by Crippen LogP contribution is -2.50. The highest BCUT2D eigenvalue weighted by atomic mass is 19.1. The molecule has 2 aliphatic heterocycles. The number of piperidine rings is 2. The largest absolute Gasteiger partial charge is 0.383 e. The van der Waals surface area contributed by atoms with Gasteiger partial charge in [-0.2, -0.15) is 0 Å². The molecule has 6 heteroatoms. The number of likely N-dealkylation sites (tertiary alicyclic amines) is 2. The number of nitrogens with one attached hydrogen (secondary N) is 1. The summed E-state index contributed by atoms with van der Waals surface area (Å²) in [7, 11) is 1.65. The van der Waals surface area contributed by atoms with E-state index < -0.39 is 0 Å². The van der Waals surface area contributed by atoms with E-state index in [1.165, 1.54) is 0 Å². The maximum atomic E-state index is 13.6. The van der Waals surface area contributed by atoms with E-state index >= 15 is 0 Å². The van der Waals surface area contributed by atoms with Gasteiger partial charge >= 0.3 is 0 Å². The Morgan fingerprint density at radius 3 is 2.71 bits per heavy atom. The molecule has 2 aliphatic rings. The van der Waals surface area contributed by atoms with Crippen molar-refractivity contribution in [3.63, 3.8) is 0 Å². The molecule has 2 saturated heterocycles. The third-order valence-corrected chi connectivity index (χ3v) is 6.01. The molecule has 0 aromatic heterocycles. The zero-order chi connectivity index (χ0) is 19.9. The van der Waals surface area contributed by atoms with Crippen molar-refractivity contribution in [2.24, 2.45) is 5.92 Å². The topological polar surface area (TPSA) is 44.8 Å². The van der Waals surface area contributed by atoms with Gasteiger partial charge in [-0.1, -0.05) is 6.07 Å². The number of ether oxygens (including phenoxy) is 1. The lowest BCUT2D eigenvalue weighted by molar-refractivity contribution is -0.127. The first-order valence-corrected chi connectivity index (χ1v) is 10.5. The minimum absolute atomic E-state index is 0.0962. The van der Waals surface area contributed by atoms with E-state index in [2.05, 4.69) is 21.2 Å². The second-order valence-corrected chi connectivity index (χ2v) is 8.26. The molecular formula is C22H34FN3O2. The van der Waals surface area contributed by atoms with E-state index in [4.69, 9.17) is 4.74 Å². The standard InChI is InChI=1S/C22H34FN3O2/c1-17-12-18(14-20(23)13-17)15-25-9-5-21(6-10-25)26-8-3-4-19(16-26)22(27)24-7-11-28-2/h12-14,19,21H,3-11,15-16H2,1-2H3,(H,24,27)/t19-/m0/s1. The number of nitrogens with zero attached hydrogens (tertiary/aromatic N) is 2. The van der Waals surface area contributed by atoms with Crippen molar-refractivity contribution in [3.8, 4) is 0 Å². The molecule has 0 spiro atoms. The molecule has 1 aromatic rings. The van der Waals surface area contributed by atoms with Gasteiger partial charge in [-0.3, -0.25) is 14.6 Å². The van der Waals surface area contributed by atoms with Crippen LogP contribution in [0, 0.1) is 18.7 Å². The van der Waals surface area contributed by atoms with Gasteiger partial charge in [0.2, 0.25) is 5.91 Å². The Morgan fingerprint density at radius 1 is 1.21 bits per heavy atom. The minimum atomic E-state index is -0.145. The fourth-order valence-corrected chi connectivity index (χ4v) is 4.58. The zero-order valence-electron chi connectivity index (χ0n) is 17.3. The fraction of sp³-hybridized carbons (Fsp3) is 0.682. The number of rotatable bonds is 7. The molecule has 2 heterocycles. The lowest BCUT2D eigenvalue weighted by atomic mass is 9.93. The molecule has 5 nitrogen and oxygen atoms in total. The number of methoxy groups -OCH3 is 1. The van der Waals surface area contributed by atoms with E-state index in [-0.39, 0.29) is 17.6 Å². The van der Waals surface area contributed by atoms with Crippen LogP contribution < -0.4 is 5.32 Å². The van der Waals surface area contributed by atoms with E-state index in [9.17, 15) is 9.18 Å². The predicted molar refractivity (Wildman–Crippen MR) is 109 cm³/mol. The predicted octanol–water partition coefficient (Wildman–Crippen LogP) is 2.57. The molecule has 0 aliphatic carbocycles. The molecule has 0 unspecified atom stereocenters. The van der Waals surface area contributed by atoms with Crippen LogP contribution >= 0.6 is 0 Å². The van der Waals surface area contributed by atoms with Crippen molar-refractivity contribution >= 4 is 5.91 Å². The lowest BCUT2D eigenvalue weighted by Gasteiger charge is -2.42. The quantitative estimate of drug-likeness (QED) is 0.726. The van der Waals surface area contributed by atoms with Gasteiger partial charge in [0.1, 0.15) is 5.82 Å². The number of amides is 1. The average molecular weight is 392 g/mol. The van der Waals surface area contributed by atoms with Gasteiger partial charge in [0.15, 0.2) is 0 Å². The van der Waals surface area contributed by atoms with Gasteiger partial charge in [-0.05, 0) is 75.5 Å². The van der Waals surface area contributed by atoms with Crippen LogP contribution in [0.15, 0.2) is 18.2 Å². The monoisotopic (exact) mass is 391 g/mol.